The molecule has 3 unspecified atom stereocenters. The summed E-state index contributed by atoms with van der Waals surface area (Å²) in [4.78, 5) is 0.354. The highest BCUT2D eigenvalue weighted by atomic mass is 79.9. The number of alkyl halides is 1. The predicted molar refractivity (Wildman–Crippen MR) is 78.2 cm³/mol. The minimum absolute atomic E-state index is 0.0388. The fourth-order valence-electron chi connectivity index (χ4n) is 1.85. The number of halogens is 3. The second-order valence-electron chi connectivity index (χ2n) is 4.30. The van der Waals surface area contributed by atoms with Crippen molar-refractivity contribution < 1.29 is 9.47 Å². The number of rotatable bonds is 5. The van der Waals surface area contributed by atoms with Crippen LogP contribution in [-0.2, 0) is 4.74 Å². The summed E-state index contributed by atoms with van der Waals surface area (Å²) in [6.07, 6.45) is 2.04. The lowest BCUT2D eigenvalue weighted by Crippen LogP contribution is -2.52. The Hall–Kier alpha value is 0.0400. The van der Waals surface area contributed by atoms with E-state index in [-0.39, 0.29) is 12.2 Å². The first kappa shape index (κ1) is 14.4. The van der Waals surface area contributed by atoms with Crippen LogP contribution in [0.3, 0.4) is 0 Å². The first-order valence-corrected chi connectivity index (χ1v) is 7.67. The molecule has 3 atom stereocenters. The zero-order valence-corrected chi connectivity index (χ0v) is 13.1. The van der Waals surface area contributed by atoms with E-state index in [1.807, 2.05) is 12.1 Å². The Bertz CT molecular complexity index is 414. The molecule has 0 spiro atoms. The van der Waals surface area contributed by atoms with Gasteiger partial charge in [-0.25, -0.2) is 0 Å². The molecule has 0 aliphatic heterocycles. The number of ether oxygens (including phenoxy) is 2. The predicted octanol–water partition coefficient (Wildman–Crippen LogP) is 4.70. The van der Waals surface area contributed by atoms with Crippen LogP contribution in [0.1, 0.15) is 19.8 Å². The van der Waals surface area contributed by atoms with Crippen LogP contribution in [0.25, 0.3) is 0 Å². The Morgan fingerprint density at radius 3 is 2.83 bits per heavy atom. The molecule has 0 amide bonds. The molecule has 1 aliphatic carbocycles. The minimum Gasteiger partial charge on any atom is -0.486 e. The maximum Gasteiger partial charge on any atom is 0.139 e. The van der Waals surface area contributed by atoms with E-state index in [0.29, 0.717) is 20.6 Å². The fraction of sp³-hybridized carbons (Fsp3) is 0.538. The summed E-state index contributed by atoms with van der Waals surface area (Å²) in [6.45, 7) is 2.83. The summed E-state index contributed by atoms with van der Waals surface area (Å²) >= 11 is 15.6. The standard InChI is InChI=1S/C13H15BrCl2O2/c1-2-6-17-13-8(14)7-11(13)18-10-5-3-4-9(15)12(10)16/h3-5,8,11,13H,2,6-7H2,1H3. The van der Waals surface area contributed by atoms with Gasteiger partial charge in [0.2, 0.25) is 0 Å². The zero-order chi connectivity index (χ0) is 13.1. The first-order chi connectivity index (χ1) is 8.63. The number of hydrogen-bond donors (Lipinski definition) is 0. The molecule has 18 heavy (non-hydrogen) atoms. The maximum absolute atomic E-state index is 6.10. The summed E-state index contributed by atoms with van der Waals surface area (Å²) < 4.78 is 11.6. The first-order valence-electron chi connectivity index (χ1n) is 5.99. The van der Waals surface area contributed by atoms with E-state index in [0.717, 1.165) is 19.4 Å². The van der Waals surface area contributed by atoms with Crippen LogP contribution in [0.5, 0.6) is 5.75 Å². The van der Waals surface area contributed by atoms with Gasteiger partial charge in [-0.2, -0.15) is 0 Å². The van der Waals surface area contributed by atoms with Gasteiger partial charge in [0.1, 0.15) is 23.0 Å². The molecule has 100 valence electrons. The van der Waals surface area contributed by atoms with Crippen molar-refractivity contribution in [3.63, 3.8) is 0 Å². The van der Waals surface area contributed by atoms with E-state index in [2.05, 4.69) is 22.9 Å². The van der Waals surface area contributed by atoms with Crippen LogP contribution in [-0.4, -0.2) is 23.6 Å². The monoisotopic (exact) mass is 352 g/mol. The second-order valence-corrected chi connectivity index (χ2v) is 6.26. The molecule has 1 saturated carbocycles. The average molecular weight is 354 g/mol. The van der Waals surface area contributed by atoms with Crippen LogP contribution in [0, 0.1) is 0 Å². The average Bonchev–Trinajstić information content (AvgIpc) is 2.34. The van der Waals surface area contributed by atoms with Crippen LogP contribution in [0.15, 0.2) is 18.2 Å². The molecule has 1 aliphatic rings. The van der Waals surface area contributed by atoms with Crippen molar-refractivity contribution in [1.82, 2.24) is 0 Å². The van der Waals surface area contributed by atoms with Crippen molar-refractivity contribution in [2.24, 2.45) is 0 Å². The lowest BCUT2D eigenvalue weighted by atomic mass is 9.91. The van der Waals surface area contributed by atoms with Crippen molar-refractivity contribution in [2.45, 2.75) is 36.8 Å². The van der Waals surface area contributed by atoms with Crippen molar-refractivity contribution in [3.8, 4) is 5.75 Å². The van der Waals surface area contributed by atoms with Crippen LogP contribution < -0.4 is 4.74 Å². The molecule has 0 heterocycles. The molecule has 0 radical (unpaired) electrons. The van der Waals surface area contributed by atoms with Crippen LogP contribution >= 0.6 is 39.1 Å². The molecule has 0 aromatic heterocycles. The van der Waals surface area contributed by atoms with Crippen molar-refractivity contribution in [2.75, 3.05) is 6.61 Å². The molecule has 2 nitrogen and oxygen atoms in total. The highest BCUT2D eigenvalue weighted by Gasteiger charge is 2.42. The largest absolute Gasteiger partial charge is 0.486 e. The van der Waals surface area contributed by atoms with Crippen LogP contribution in [0.2, 0.25) is 10.0 Å². The van der Waals surface area contributed by atoms with E-state index < -0.39 is 0 Å². The Labute approximate surface area is 126 Å². The Balaban J connectivity index is 1.99. The molecule has 2 rings (SSSR count). The SMILES string of the molecule is CCCOC1C(Br)CC1Oc1cccc(Cl)c1Cl. The van der Waals surface area contributed by atoms with Gasteiger partial charge in [-0.05, 0) is 18.6 Å². The summed E-state index contributed by atoms with van der Waals surface area (Å²) in [7, 11) is 0. The lowest BCUT2D eigenvalue weighted by Gasteiger charge is -2.41. The van der Waals surface area contributed by atoms with E-state index in [1.165, 1.54) is 0 Å². The Morgan fingerprint density at radius 2 is 2.17 bits per heavy atom. The van der Waals surface area contributed by atoms with Crippen molar-refractivity contribution in [1.29, 1.82) is 0 Å². The molecule has 1 aromatic rings. The quantitative estimate of drug-likeness (QED) is 0.714. The Kier molecular flexibility index (Phi) is 5.19. The summed E-state index contributed by atoms with van der Waals surface area (Å²) in [5.74, 6) is 0.624. The van der Waals surface area contributed by atoms with Crippen molar-refractivity contribution in [3.05, 3.63) is 28.2 Å². The van der Waals surface area contributed by atoms with Gasteiger partial charge in [0, 0.05) is 17.9 Å². The summed E-state index contributed by atoms with van der Waals surface area (Å²) in [6, 6.07) is 5.40. The van der Waals surface area contributed by atoms with E-state index in [4.69, 9.17) is 32.7 Å². The van der Waals surface area contributed by atoms with Crippen LogP contribution in [0.4, 0.5) is 0 Å². The van der Waals surface area contributed by atoms with Gasteiger partial charge in [0.25, 0.3) is 0 Å². The third kappa shape index (κ3) is 3.13. The summed E-state index contributed by atoms with van der Waals surface area (Å²) in [5.41, 5.74) is 0. The zero-order valence-electron chi connectivity index (χ0n) is 10.0. The van der Waals surface area contributed by atoms with E-state index >= 15 is 0 Å². The fourth-order valence-corrected chi connectivity index (χ4v) is 3.04. The minimum atomic E-state index is 0.0388. The van der Waals surface area contributed by atoms with E-state index in [9.17, 15) is 0 Å². The third-order valence-corrected chi connectivity index (χ3v) is 4.59. The smallest absolute Gasteiger partial charge is 0.139 e. The van der Waals surface area contributed by atoms with Gasteiger partial charge < -0.3 is 9.47 Å². The normalized spacial score (nSPS) is 26.8. The van der Waals surface area contributed by atoms with Crippen molar-refractivity contribution >= 4 is 39.1 Å². The third-order valence-electron chi connectivity index (χ3n) is 2.89. The van der Waals surface area contributed by atoms with Gasteiger partial charge >= 0.3 is 0 Å². The number of benzene rings is 1. The molecule has 1 fully saturated rings. The van der Waals surface area contributed by atoms with Gasteiger partial charge in [-0.3, -0.25) is 0 Å². The van der Waals surface area contributed by atoms with Gasteiger partial charge in [0.05, 0.1) is 5.02 Å². The Morgan fingerprint density at radius 1 is 1.39 bits per heavy atom. The van der Waals surface area contributed by atoms with E-state index in [1.54, 1.807) is 6.07 Å². The topological polar surface area (TPSA) is 18.5 Å². The molecule has 5 heteroatoms. The molecular formula is C13H15BrCl2O2. The highest BCUT2D eigenvalue weighted by Crippen LogP contribution is 2.38. The second kappa shape index (κ2) is 6.47. The lowest BCUT2D eigenvalue weighted by molar-refractivity contribution is -0.0761. The van der Waals surface area contributed by atoms with Gasteiger partial charge in [0.15, 0.2) is 0 Å². The molecule has 0 bridgehead atoms. The highest BCUT2D eigenvalue weighted by molar-refractivity contribution is 9.09. The molecule has 0 saturated heterocycles. The molecular weight excluding hydrogens is 339 g/mol. The van der Waals surface area contributed by atoms with Gasteiger partial charge in [-0.15, -0.1) is 0 Å². The van der Waals surface area contributed by atoms with Gasteiger partial charge in [-0.1, -0.05) is 52.1 Å². The maximum atomic E-state index is 6.10. The number of hydrogen-bond acceptors (Lipinski definition) is 2. The molecule has 1 aromatic carbocycles. The molecule has 0 N–H and O–H groups in total. The summed E-state index contributed by atoms with van der Waals surface area (Å²) in [5, 5.41) is 0.973.